The van der Waals surface area contributed by atoms with E-state index in [9.17, 15) is 0 Å². The average Bonchev–Trinajstić information content (AvgIpc) is 2.69. The van der Waals surface area contributed by atoms with Crippen molar-refractivity contribution in [1.82, 2.24) is 9.78 Å². The quantitative estimate of drug-likeness (QED) is 0.587. The highest BCUT2D eigenvalue weighted by atomic mass is 79.9. The zero-order chi connectivity index (χ0) is 13.1. The second-order valence-electron chi connectivity index (χ2n) is 3.57. The van der Waals surface area contributed by atoms with Crippen molar-refractivity contribution < 1.29 is 0 Å². The number of nitrogens with two attached hydrogens (primary N) is 3. The standard InChI is InChI=1S/C11H13BrN6/c12-10-7-11(14)16-18(10)9-3-1-8(2-4-9)17(15)6-5-13/h1-7H,13,15H2,(H2,14,16)/b6-5-. The van der Waals surface area contributed by atoms with Gasteiger partial charge in [-0.1, -0.05) is 0 Å². The van der Waals surface area contributed by atoms with Crippen LogP contribution in [0.3, 0.4) is 0 Å². The molecule has 6 N–H and O–H groups in total. The SMILES string of the molecule is N/C=C\N(N)c1ccc(-n2nc(N)cc2Br)cc1. The van der Waals surface area contributed by atoms with Gasteiger partial charge in [-0.2, -0.15) is 0 Å². The Kier molecular flexibility index (Phi) is 3.54. The number of halogens is 1. The van der Waals surface area contributed by atoms with Crippen LogP contribution in [0.1, 0.15) is 0 Å². The summed E-state index contributed by atoms with van der Waals surface area (Å²) < 4.78 is 2.48. The van der Waals surface area contributed by atoms with Gasteiger partial charge < -0.3 is 11.5 Å². The highest BCUT2D eigenvalue weighted by Crippen LogP contribution is 2.21. The molecule has 0 saturated heterocycles. The summed E-state index contributed by atoms with van der Waals surface area (Å²) in [4.78, 5) is 0. The average molecular weight is 309 g/mol. The molecule has 94 valence electrons. The van der Waals surface area contributed by atoms with Gasteiger partial charge in [0.2, 0.25) is 0 Å². The normalized spacial score (nSPS) is 11.0. The molecule has 7 heteroatoms. The number of nitrogens with zero attached hydrogens (tertiary/aromatic N) is 3. The Hall–Kier alpha value is -1.99. The summed E-state index contributed by atoms with van der Waals surface area (Å²) in [6.07, 6.45) is 2.94. The van der Waals surface area contributed by atoms with Gasteiger partial charge in [-0.15, -0.1) is 5.10 Å². The predicted molar refractivity (Wildman–Crippen MR) is 75.7 cm³/mol. The van der Waals surface area contributed by atoms with Crippen LogP contribution in [0.4, 0.5) is 11.5 Å². The maximum Gasteiger partial charge on any atom is 0.147 e. The van der Waals surface area contributed by atoms with Crippen LogP contribution < -0.4 is 22.3 Å². The van der Waals surface area contributed by atoms with Gasteiger partial charge in [0, 0.05) is 18.5 Å². The summed E-state index contributed by atoms with van der Waals surface area (Å²) >= 11 is 3.38. The number of aromatic nitrogens is 2. The van der Waals surface area contributed by atoms with Gasteiger partial charge in [0.15, 0.2) is 0 Å². The minimum absolute atomic E-state index is 0.456. The highest BCUT2D eigenvalue weighted by Gasteiger charge is 2.05. The third-order valence-electron chi connectivity index (χ3n) is 2.32. The first-order valence-electron chi connectivity index (χ1n) is 5.15. The van der Waals surface area contributed by atoms with E-state index >= 15 is 0 Å². The number of benzene rings is 1. The van der Waals surface area contributed by atoms with Crippen molar-refractivity contribution in [3.05, 3.63) is 47.3 Å². The van der Waals surface area contributed by atoms with Gasteiger partial charge >= 0.3 is 0 Å². The van der Waals surface area contributed by atoms with Gasteiger partial charge in [-0.3, -0.25) is 5.01 Å². The Labute approximate surface area is 113 Å². The Morgan fingerprint density at radius 2 is 1.94 bits per heavy atom. The minimum atomic E-state index is 0.456. The number of nitrogen functional groups attached to an aromatic ring is 1. The van der Waals surface area contributed by atoms with Crippen molar-refractivity contribution in [2.45, 2.75) is 0 Å². The number of anilines is 2. The fourth-order valence-electron chi connectivity index (χ4n) is 1.50. The van der Waals surface area contributed by atoms with Crippen LogP contribution in [0.25, 0.3) is 5.69 Å². The third kappa shape index (κ3) is 2.47. The van der Waals surface area contributed by atoms with Crippen molar-refractivity contribution in [2.75, 3.05) is 10.7 Å². The molecule has 1 aromatic heterocycles. The molecule has 6 nitrogen and oxygen atoms in total. The van der Waals surface area contributed by atoms with Crippen LogP contribution in [0, 0.1) is 0 Å². The van der Waals surface area contributed by atoms with Crippen LogP contribution in [0.5, 0.6) is 0 Å². The van der Waals surface area contributed by atoms with Crippen LogP contribution in [-0.2, 0) is 0 Å². The second kappa shape index (κ2) is 5.11. The molecule has 0 bridgehead atoms. The Balaban J connectivity index is 2.30. The molecule has 0 atom stereocenters. The van der Waals surface area contributed by atoms with E-state index in [1.54, 1.807) is 16.9 Å². The first-order valence-corrected chi connectivity index (χ1v) is 5.95. The van der Waals surface area contributed by atoms with Crippen LogP contribution >= 0.6 is 15.9 Å². The summed E-state index contributed by atoms with van der Waals surface area (Å²) in [5.41, 5.74) is 12.6. The van der Waals surface area contributed by atoms with Gasteiger partial charge in [-0.25, -0.2) is 10.5 Å². The maximum atomic E-state index is 5.74. The van der Waals surface area contributed by atoms with E-state index in [-0.39, 0.29) is 0 Å². The first-order chi connectivity index (χ1) is 8.61. The molecule has 0 amide bonds. The molecular weight excluding hydrogens is 296 g/mol. The molecule has 18 heavy (non-hydrogen) atoms. The molecule has 0 radical (unpaired) electrons. The summed E-state index contributed by atoms with van der Waals surface area (Å²) in [5, 5.41) is 5.59. The minimum Gasteiger partial charge on any atom is -0.403 e. The summed E-state index contributed by atoms with van der Waals surface area (Å²) in [5.74, 6) is 6.20. The van der Waals surface area contributed by atoms with E-state index in [1.807, 2.05) is 24.3 Å². The van der Waals surface area contributed by atoms with Crippen molar-refractivity contribution >= 4 is 27.4 Å². The summed E-state index contributed by atoms with van der Waals surface area (Å²) in [6, 6.07) is 9.23. The molecule has 1 aromatic carbocycles. The number of hydrazine groups is 1. The first kappa shape index (κ1) is 12.5. The number of rotatable bonds is 3. The van der Waals surface area contributed by atoms with Crippen molar-refractivity contribution in [2.24, 2.45) is 11.6 Å². The van der Waals surface area contributed by atoms with Gasteiger partial charge in [0.1, 0.15) is 10.4 Å². The largest absolute Gasteiger partial charge is 0.403 e. The Morgan fingerprint density at radius 1 is 1.28 bits per heavy atom. The molecule has 2 aromatic rings. The fourth-order valence-corrected chi connectivity index (χ4v) is 2.02. The lowest BCUT2D eigenvalue weighted by Gasteiger charge is -2.13. The highest BCUT2D eigenvalue weighted by molar-refractivity contribution is 9.10. The summed E-state index contributed by atoms with van der Waals surface area (Å²) in [6.45, 7) is 0. The van der Waals surface area contributed by atoms with Crippen LogP contribution in [0.15, 0.2) is 47.3 Å². The molecule has 0 aliphatic carbocycles. The predicted octanol–water partition coefficient (Wildman–Crippen LogP) is 1.33. The van der Waals surface area contributed by atoms with Gasteiger partial charge in [0.05, 0.1) is 11.4 Å². The van der Waals surface area contributed by atoms with Crippen molar-refractivity contribution in [1.29, 1.82) is 0 Å². The van der Waals surface area contributed by atoms with E-state index in [0.717, 1.165) is 16.0 Å². The molecule has 0 saturated carbocycles. The number of hydrogen-bond acceptors (Lipinski definition) is 5. The fraction of sp³-hybridized carbons (Fsp3) is 0. The molecule has 0 spiro atoms. The Bertz CT molecular complexity index is 559. The lowest BCUT2D eigenvalue weighted by Crippen LogP contribution is -2.24. The molecule has 0 aliphatic heterocycles. The zero-order valence-electron chi connectivity index (χ0n) is 9.49. The van der Waals surface area contributed by atoms with Gasteiger partial charge in [-0.05, 0) is 40.2 Å². The maximum absolute atomic E-state index is 5.74. The molecule has 0 unspecified atom stereocenters. The lowest BCUT2D eigenvalue weighted by molar-refractivity contribution is 0.865. The molecule has 1 heterocycles. The molecule has 2 rings (SSSR count). The third-order valence-corrected chi connectivity index (χ3v) is 2.89. The lowest BCUT2D eigenvalue weighted by atomic mass is 10.3. The van der Waals surface area contributed by atoms with E-state index in [0.29, 0.717) is 5.82 Å². The second-order valence-corrected chi connectivity index (χ2v) is 4.38. The van der Waals surface area contributed by atoms with E-state index in [1.165, 1.54) is 11.2 Å². The van der Waals surface area contributed by atoms with E-state index in [2.05, 4.69) is 21.0 Å². The van der Waals surface area contributed by atoms with Crippen LogP contribution in [0.2, 0.25) is 0 Å². The summed E-state index contributed by atoms with van der Waals surface area (Å²) in [7, 11) is 0. The van der Waals surface area contributed by atoms with E-state index < -0.39 is 0 Å². The van der Waals surface area contributed by atoms with Crippen LogP contribution in [-0.4, -0.2) is 9.78 Å². The molecular formula is C11H13BrN6. The van der Waals surface area contributed by atoms with E-state index in [4.69, 9.17) is 17.3 Å². The monoisotopic (exact) mass is 308 g/mol. The van der Waals surface area contributed by atoms with Crippen molar-refractivity contribution in [3.8, 4) is 5.69 Å². The smallest absolute Gasteiger partial charge is 0.147 e. The zero-order valence-corrected chi connectivity index (χ0v) is 11.1. The topological polar surface area (TPSA) is 99.1 Å². The van der Waals surface area contributed by atoms with Crippen molar-refractivity contribution in [3.63, 3.8) is 0 Å². The number of hydrogen-bond donors (Lipinski definition) is 3. The molecule has 0 aliphatic rings. The Morgan fingerprint density at radius 3 is 2.44 bits per heavy atom. The molecule has 0 fully saturated rings. The van der Waals surface area contributed by atoms with Gasteiger partial charge in [0.25, 0.3) is 0 Å².